The monoisotopic (exact) mass is 757 g/mol. The summed E-state index contributed by atoms with van der Waals surface area (Å²) in [5, 5.41) is 46.6. The van der Waals surface area contributed by atoms with Crippen molar-refractivity contribution in [2.45, 2.75) is 186 Å². The molecule has 4 fully saturated rings. The van der Waals surface area contributed by atoms with Gasteiger partial charge in [0.15, 0.2) is 12.6 Å². The molecule has 0 aromatic heterocycles. The molecule has 18 atom stereocenters. The van der Waals surface area contributed by atoms with E-state index in [4.69, 9.17) is 28.4 Å². The van der Waals surface area contributed by atoms with Crippen LogP contribution in [0.5, 0.6) is 0 Å². The Hall–Kier alpha value is -1.26. The quantitative estimate of drug-likeness (QED) is 0.279. The van der Waals surface area contributed by atoms with E-state index in [9.17, 15) is 30.0 Å². The third-order valence-corrected chi connectivity index (χ3v) is 13.2. The molecule has 3 saturated heterocycles. The van der Waals surface area contributed by atoms with Gasteiger partial charge in [0.05, 0.1) is 47.6 Å². The highest BCUT2D eigenvalue weighted by Gasteiger charge is 2.52. The van der Waals surface area contributed by atoms with Gasteiger partial charge < -0.3 is 53.7 Å². The average Bonchev–Trinajstić information content (AvgIpc) is 3.64. The van der Waals surface area contributed by atoms with Crippen molar-refractivity contribution in [3.8, 4) is 0 Å². The van der Waals surface area contributed by atoms with E-state index in [2.05, 4.69) is 0 Å². The topological polar surface area (TPSA) is 174 Å². The highest BCUT2D eigenvalue weighted by atomic mass is 16.7. The predicted molar refractivity (Wildman–Crippen MR) is 196 cm³/mol. The van der Waals surface area contributed by atoms with Crippen LogP contribution in [0.4, 0.5) is 0 Å². The van der Waals surface area contributed by atoms with Crippen molar-refractivity contribution >= 4 is 11.8 Å². The number of rotatable bonds is 7. The summed E-state index contributed by atoms with van der Waals surface area (Å²) in [6, 6.07) is -0.295. The van der Waals surface area contributed by atoms with Gasteiger partial charge in [-0.25, -0.2) is 0 Å². The van der Waals surface area contributed by atoms with Crippen LogP contribution in [0, 0.1) is 35.5 Å². The smallest absolute Gasteiger partial charge is 0.311 e. The van der Waals surface area contributed by atoms with E-state index in [1.54, 1.807) is 41.5 Å². The van der Waals surface area contributed by atoms with Crippen molar-refractivity contribution in [2.75, 3.05) is 21.2 Å². The Balaban J connectivity index is 1.82. The van der Waals surface area contributed by atoms with Gasteiger partial charge in [0, 0.05) is 43.2 Å². The first-order valence-corrected chi connectivity index (χ1v) is 20.0. The fourth-order valence-electron chi connectivity index (χ4n) is 9.67. The molecule has 0 amide bonds. The maximum atomic E-state index is 14.4. The minimum absolute atomic E-state index is 0.0278. The standard InChI is InChI=1S/C40H71NO12/c1-20-18-39(8,47)36(53-38-32(44)28(41(10)11)17-21(2)49-38)24(5)33(51-29-19-40(9,48-12)35(45)26(7)50-29)25(6)37(46)52-34(27-15-13-14-16-27)23(4)31(43)22(3)30(20)42/h20-29,31-36,38,43-45,47H,13-19H2,1-12H3/t20-,21-,22+,23-,24+,25-,26+,28+,29-,31-,32+,33+,34+,35+,36-,38-,39-,40+/m1/s1. The number of methoxy groups -OCH3 is 1. The fourth-order valence-corrected chi connectivity index (χ4v) is 9.67. The minimum Gasteiger partial charge on any atom is -0.461 e. The second kappa shape index (κ2) is 17.9. The number of ketones is 1. The largest absolute Gasteiger partial charge is 0.461 e. The molecule has 4 rings (SSSR count). The summed E-state index contributed by atoms with van der Waals surface area (Å²) >= 11 is 0. The molecule has 13 nitrogen and oxygen atoms in total. The second-order valence-electron chi connectivity index (χ2n) is 17.8. The molecule has 0 radical (unpaired) electrons. The summed E-state index contributed by atoms with van der Waals surface area (Å²) < 4.78 is 38.0. The van der Waals surface area contributed by atoms with Gasteiger partial charge in [0.1, 0.15) is 24.1 Å². The normalized spacial score (nSPS) is 48.8. The first kappa shape index (κ1) is 44.5. The van der Waals surface area contributed by atoms with E-state index < -0.39 is 102 Å². The Bertz CT molecular complexity index is 1210. The van der Waals surface area contributed by atoms with Crippen molar-refractivity contribution in [1.29, 1.82) is 0 Å². The van der Waals surface area contributed by atoms with E-state index in [0.717, 1.165) is 25.7 Å². The van der Waals surface area contributed by atoms with Crippen molar-refractivity contribution in [2.24, 2.45) is 35.5 Å². The maximum absolute atomic E-state index is 14.4. The summed E-state index contributed by atoms with van der Waals surface area (Å²) in [4.78, 5) is 30.4. The Morgan fingerprint density at radius 2 is 1.45 bits per heavy atom. The molecule has 53 heavy (non-hydrogen) atoms. The molecule has 0 spiro atoms. The van der Waals surface area contributed by atoms with Crippen LogP contribution in [0.15, 0.2) is 0 Å². The van der Waals surface area contributed by atoms with Crippen LogP contribution in [-0.4, -0.2) is 137 Å². The van der Waals surface area contributed by atoms with Gasteiger partial charge in [0.25, 0.3) is 0 Å². The molecular weight excluding hydrogens is 686 g/mol. The van der Waals surface area contributed by atoms with Crippen LogP contribution >= 0.6 is 0 Å². The van der Waals surface area contributed by atoms with Gasteiger partial charge in [-0.05, 0) is 80.3 Å². The maximum Gasteiger partial charge on any atom is 0.311 e. The summed E-state index contributed by atoms with van der Waals surface area (Å²) in [6.45, 7) is 15.8. The number of Topliss-reactive ketones (excluding diaryl/α,β-unsaturated/α-hetero) is 1. The summed E-state index contributed by atoms with van der Waals surface area (Å²) in [5.74, 6) is -4.44. The molecule has 0 bridgehead atoms. The number of likely N-dealkylation sites (N-methyl/N-ethyl adjacent to an activating group) is 1. The SMILES string of the molecule is CO[C@@]1(C)C[C@@H](O[C@H]2[C@H](C)[C@@H](O[C@H]3O[C@H](C)C[C@H](N(C)C)[C@@H]3O)[C@](C)(O)C[C@@H](C)C(=O)[C@H](C)[C@@H](O)[C@@H](C)[C@@H](C3CCCC3)OC(=O)[C@@H]2C)O[C@@H](C)[C@@H]1O. The van der Waals surface area contributed by atoms with E-state index >= 15 is 0 Å². The van der Waals surface area contributed by atoms with E-state index in [1.165, 1.54) is 7.11 Å². The number of carbonyl (C=O) groups is 2. The Morgan fingerprint density at radius 3 is 2.04 bits per heavy atom. The lowest BCUT2D eigenvalue weighted by Crippen LogP contribution is -2.60. The molecule has 1 aliphatic carbocycles. The van der Waals surface area contributed by atoms with E-state index in [0.29, 0.717) is 6.42 Å². The zero-order valence-corrected chi connectivity index (χ0v) is 34.3. The van der Waals surface area contributed by atoms with Crippen LogP contribution in [-0.2, 0) is 38.0 Å². The van der Waals surface area contributed by atoms with Gasteiger partial charge in [0.2, 0.25) is 0 Å². The zero-order valence-electron chi connectivity index (χ0n) is 34.3. The molecule has 0 unspecified atom stereocenters. The van der Waals surface area contributed by atoms with Crippen LogP contribution in [0.25, 0.3) is 0 Å². The molecule has 13 heteroatoms. The average molecular weight is 758 g/mol. The first-order chi connectivity index (χ1) is 24.6. The first-order valence-electron chi connectivity index (χ1n) is 20.0. The Kier molecular flexibility index (Phi) is 15.0. The molecule has 4 N–H and O–H groups in total. The number of hydrogen-bond donors (Lipinski definition) is 4. The van der Waals surface area contributed by atoms with Crippen molar-refractivity contribution in [3.63, 3.8) is 0 Å². The Morgan fingerprint density at radius 1 is 0.830 bits per heavy atom. The van der Waals surface area contributed by atoms with Crippen molar-refractivity contribution in [1.82, 2.24) is 4.90 Å². The number of carbonyl (C=O) groups excluding carboxylic acids is 2. The molecule has 0 aromatic carbocycles. The molecule has 4 aliphatic rings. The number of hydrogen-bond acceptors (Lipinski definition) is 13. The lowest BCUT2D eigenvalue weighted by Gasteiger charge is -2.49. The van der Waals surface area contributed by atoms with Gasteiger partial charge in [-0.15, -0.1) is 0 Å². The second-order valence-corrected chi connectivity index (χ2v) is 17.8. The molecule has 3 aliphatic heterocycles. The van der Waals surface area contributed by atoms with Crippen LogP contribution in [0.1, 0.15) is 107 Å². The third-order valence-electron chi connectivity index (χ3n) is 13.2. The van der Waals surface area contributed by atoms with Crippen molar-refractivity contribution in [3.05, 3.63) is 0 Å². The van der Waals surface area contributed by atoms with Gasteiger partial charge in [-0.2, -0.15) is 0 Å². The number of esters is 1. The van der Waals surface area contributed by atoms with Crippen LogP contribution in [0.2, 0.25) is 0 Å². The molecule has 3 heterocycles. The van der Waals surface area contributed by atoms with E-state index in [-0.39, 0.29) is 36.7 Å². The highest BCUT2D eigenvalue weighted by Crippen LogP contribution is 2.42. The third kappa shape index (κ3) is 9.83. The highest BCUT2D eigenvalue weighted by molar-refractivity contribution is 5.83. The summed E-state index contributed by atoms with van der Waals surface area (Å²) in [6.07, 6.45) is -4.53. The van der Waals surface area contributed by atoms with Crippen LogP contribution < -0.4 is 0 Å². The predicted octanol–water partition coefficient (Wildman–Crippen LogP) is 3.45. The lowest BCUT2D eigenvalue weighted by molar-refractivity contribution is -0.317. The van der Waals surface area contributed by atoms with Crippen LogP contribution in [0.3, 0.4) is 0 Å². The number of cyclic esters (lactones) is 1. The van der Waals surface area contributed by atoms with Gasteiger partial charge in [-0.1, -0.05) is 40.5 Å². The summed E-state index contributed by atoms with van der Waals surface area (Å²) in [7, 11) is 5.26. The molecule has 0 aromatic rings. The van der Waals surface area contributed by atoms with Crippen molar-refractivity contribution < 1.29 is 58.4 Å². The summed E-state index contributed by atoms with van der Waals surface area (Å²) in [5.41, 5.74) is -2.73. The molecular formula is C40H71NO12. The molecule has 1 saturated carbocycles. The zero-order chi connectivity index (χ0) is 39.7. The fraction of sp³-hybridized carbons (Fsp3) is 0.950. The Labute approximate surface area is 317 Å². The number of aliphatic hydroxyl groups excluding tert-OH is 3. The molecule has 308 valence electrons. The van der Waals surface area contributed by atoms with Gasteiger partial charge >= 0.3 is 5.97 Å². The number of nitrogens with zero attached hydrogens (tertiary/aromatic N) is 1. The van der Waals surface area contributed by atoms with E-state index in [1.807, 2.05) is 39.8 Å². The lowest BCUT2D eigenvalue weighted by atomic mass is 9.74. The van der Waals surface area contributed by atoms with Gasteiger partial charge in [-0.3, -0.25) is 9.59 Å². The minimum atomic E-state index is -1.72. The number of aliphatic hydroxyl groups is 4. The number of ether oxygens (including phenoxy) is 6.